The SMILES string of the molecule is Cc1ccc(C(C)C)c(OC(C)C(=O)NC2(C(=O)O)CCSCC2)c1. The molecule has 1 fully saturated rings. The summed E-state index contributed by atoms with van der Waals surface area (Å²) in [5.74, 6) is 1.07. The number of thioether (sulfide) groups is 1. The molecule has 0 aliphatic carbocycles. The summed E-state index contributed by atoms with van der Waals surface area (Å²) < 4.78 is 5.91. The number of rotatable bonds is 6. The average molecular weight is 365 g/mol. The Morgan fingerprint density at radius 1 is 1.24 bits per heavy atom. The minimum Gasteiger partial charge on any atom is -0.481 e. The zero-order valence-corrected chi connectivity index (χ0v) is 16.1. The lowest BCUT2D eigenvalue weighted by Crippen LogP contribution is -2.58. The maximum Gasteiger partial charge on any atom is 0.329 e. The van der Waals surface area contributed by atoms with Gasteiger partial charge in [-0.1, -0.05) is 26.0 Å². The molecule has 1 aliphatic heterocycles. The normalized spacial score (nSPS) is 17.8. The Hall–Kier alpha value is -1.69. The van der Waals surface area contributed by atoms with E-state index in [1.54, 1.807) is 18.7 Å². The van der Waals surface area contributed by atoms with Gasteiger partial charge in [-0.3, -0.25) is 4.79 Å². The summed E-state index contributed by atoms with van der Waals surface area (Å²) in [6, 6.07) is 5.95. The first-order valence-electron chi connectivity index (χ1n) is 8.65. The van der Waals surface area contributed by atoms with E-state index in [1.165, 1.54) is 0 Å². The molecule has 0 spiro atoms. The number of ether oxygens (including phenoxy) is 1. The van der Waals surface area contributed by atoms with Crippen molar-refractivity contribution in [3.05, 3.63) is 29.3 Å². The minimum atomic E-state index is -1.17. The fourth-order valence-corrected chi connectivity index (χ4v) is 4.10. The molecule has 1 aromatic rings. The molecule has 2 N–H and O–H groups in total. The van der Waals surface area contributed by atoms with Gasteiger partial charge in [0.15, 0.2) is 6.10 Å². The minimum absolute atomic E-state index is 0.270. The Balaban J connectivity index is 2.12. The van der Waals surface area contributed by atoms with E-state index in [-0.39, 0.29) is 11.8 Å². The van der Waals surface area contributed by atoms with Crippen LogP contribution >= 0.6 is 11.8 Å². The van der Waals surface area contributed by atoms with Crippen molar-refractivity contribution in [1.29, 1.82) is 0 Å². The molecular weight excluding hydrogens is 338 g/mol. The van der Waals surface area contributed by atoms with Gasteiger partial charge in [-0.25, -0.2) is 4.79 Å². The van der Waals surface area contributed by atoms with Crippen molar-refractivity contribution in [3.8, 4) is 5.75 Å². The number of aliphatic carboxylic acids is 1. The van der Waals surface area contributed by atoms with Crippen LogP contribution in [-0.2, 0) is 9.59 Å². The standard InChI is InChI=1S/C19H27NO4S/c1-12(2)15-6-5-13(3)11-16(15)24-14(4)17(21)20-19(18(22)23)7-9-25-10-8-19/h5-6,11-12,14H,7-10H2,1-4H3,(H,20,21)(H,22,23). The van der Waals surface area contributed by atoms with Gasteiger partial charge in [0.05, 0.1) is 0 Å². The molecule has 0 radical (unpaired) electrons. The van der Waals surface area contributed by atoms with Crippen molar-refractivity contribution >= 4 is 23.6 Å². The fraction of sp³-hybridized carbons (Fsp3) is 0.579. The van der Waals surface area contributed by atoms with E-state index in [9.17, 15) is 14.7 Å². The van der Waals surface area contributed by atoms with E-state index < -0.39 is 17.6 Å². The number of amides is 1. The lowest BCUT2D eigenvalue weighted by atomic mass is 9.92. The maximum absolute atomic E-state index is 12.6. The summed E-state index contributed by atoms with van der Waals surface area (Å²) >= 11 is 1.71. The zero-order chi connectivity index (χ0) is 18.6. The summed E-state index contributed by atoms with van der Waals surface area (Å²) in [4.78, 5) is 24.3. The Kier molecular flexibility index (Phi) is 6.38. The summed E-state index contributed by atoms with van der Waals surface area (Å²) in [6.45, 7) is 7.78. The monoisotopic (exact) mass is 365 g/mol. The van der Waals surface area contributed by atoms with Gasteiger partial charge in [0, 0.05) is 0 Å². The number of aryl methyl sites for hydroxylation is 1. The molecule has 2 rings (SSSR count). The van der Waals surface area contributed by atoms with Crippen LogP contribution in [-0.4, -0.2) is 40.1 Å². The third kappa shape index (κ3) is 4.69. The first-order chi connectivity index (χ1) is 11.7. The molecule has 5 nitrogen and oxygen atoms in total. The van der Waals surface area contributed by atoms with Crippen LogP contribution in [0, 0.1) is 6.92 Å². The van der Waals surface area contributed by atoms with E-state index in [0.29, 0.717) is 18.6 Å². The molecule has 1 aliphatic rings. The van der Waals surface area contributed by atoms with Gasteiger partial charge in [-0.15, -0.1) is 0 Å². The number of nitrogens with one attached hydrogen (secondary N) is 1. The van der Waals surface area contributed by atoms with Crippen molar-refractivity contribution in [2.45, 2.75) is 58.1 Å². The first-order valence-corrected chi connectivity index (χ1v) is 9.81. The molecule has 1 amide bonds. The van der Waals surface area contributed by atoms with Crippen LogP contribution in [0.4, 0.5) is 0 Å². The number of carboxylic acid groups (broad SMARTS) is 1. The van der Waals surface area contributed by atoms with Gasteiger partial charge >= 0.3 is 5.97 Å². The largest absolute Gasteiger partial charge is 0.481 e. The van der Waals surface area contributed by atoms with Crippen LogP contribution < -0.4 is 10.1 Å². The highest BCUT2D eigenvalue weighted by molar-refractivity contribution is 7.99. The highest BCUT2D eigenvalue weighted by Gasteiger charge is 2.42. The highest BCUT2D eigenvalue weighted by atomic mass is 32.2. The lowest BCUT2D eigenvalue weighted by Gasteiger charge is -2.34. The van der Waals surface area contributed by atoms with Crippen molar-refractivity contribution in [2.24, 2.45) is 0 Å². The smallest absolute Gasteiger partial charge is 0.329 e. The van der Waals surface area contributed by atoms with Crippen LogP contribution in [0.1, 0.15) is 50.7 Å². The van der Waals surface area contributed by atoms with Gasteiger partial charge < -0.3 is 15.2 Å². The van der Waals surface area contributed by atoms with E-state index in [2.05, 4.69) is 19.2 Å². The molecule has 1 aromatic carbocycles. The first kappa shape index (κ1) is 19.6. The number of carbonyl (C=O) groups is 2. The second kappa shape index (κ2) is 8.13. The van der Waals surface area contributed by atoms with E-state index >= 15 is 0 Å². The second-order valence-electron chi connectivity index (χ2n) is 6.94. The van der Waals surface area contributed by atoms with Gasteiger partial charge in [-0.05, 0) is 61.3 Å². The molecule has 6 heteroatoms. The van der Waals surface area contributed by atoms with Crippen LogP contribution in [0.5, 0.6) is 5.75 Å². The van der Waals surface area contributed by atoms with Crippen molar-refractivity contribution in [1.82, 2.24) is 5.32 Å². The average Bonchev–Trinajstić information content (AvgIpc) is 2.55. The molecular formula is C19H27NO4S. The third-order valence-corrected chi connectivity index (χ3v) is 5.57. The number of hydrogen-bond acceptors (Lipinski definition) is 4. The van der Waals surface area contributed by atoms with E-state index in [0.717, 1.165) is 22.6 Å². The molecule has 0 saturated carbocycles. The molecule has 1 atom stereocenters. The van der Waals surface area contributed by atoms with Crippen molar-refractivity contribution < 1.29 is 19.4 Å². The zero-order valence-electron chi connectivity index (χ0n) is 15.3. The molecule has 0 bridgehead atoms. The summed E-state index contributed by atoms with van der Waals surface area (Å²) in [7, 11) is 0. The predicted molar refractivity (Wildman–Crippen MR) is 100 cm³/mol. The van der Waals surface area contributed by atoms with Gasteiger partial charge in [0.1, 0.15) is 11.3 Å². The van der Waals surface area contributed by atoms with Crippen LogP contribution in [0.15, 0.2) is 18.2 Å². The Morgan fingerprint density at radius 3 is 2.44 bits per heavy atom. The van der Waals surface area contributed by atoms with Crippen LogP contribution in [0.3, 0.4) is 0 Å². The molecule has 25 heavy (non-hydrogen) atoms. The molecule has 138 valence electrons. The van der Waals surface area contributed by atoms with E-state index in [4.69, 9.17) is 4.74 Å². The lowest BCUT2D eigenvalue weighted by molar-refractivity contribution is -0.149. The maximum atomic E-state index is 12.6. The predicted octanol–water partition coefficient (Wildman–Crippen LogP) is 3.35. The molecule has 1 heterocycles. The van der Waals surface area contributed by atoms with Crippen LogP contribution in [0.25, 0.3) is 0 Å². The number of carboxylic acids is 1. The summed E-state index contributed by atoms with van der Waals surface area (Å²) in [5.41, 5.74) is 0.915. The summed E-state index contributed by atoms with van der Waals surface area (Å²) in [5, 5.41) is 12.3. The Bertz CT molecular complexity index is 638. The Labute approximate surface area is 153 Å². The van der Waals surface area contributed by atoms with Crippen molar-refractivity contribution in [3.63, 3.8) is 0 Å². The Morgan fingerprint density at radius 2 is 1.88 bits per heavy atom. The topological polar surface area (TPSA) is 75.6 Å². The summed E-state index contributed by atoms with van der Waals surface area (Å²) in [6.07, 6.45) is 0.116. The van der Waals surface area contributed by atoms with Gasteiger partial charge in [0.2, 0.25) is 0 Å². The number of hydrogen-bond donors (Lipinski definition) is 2. The van der Waals surface area contributed by atoms with Gasteiger partial charge in [0.25, 0.3) is 5.91 Å². The molecule has 1 saturated heterocycles. The van der Waals surface area contributed by atoms with Gasteiger partial charge in [-0.2, -0.15) is 11.8 Å². The van der Waals surface area contributed by atoms with E-state index in [1.807, 2.05) is 25.1 Å². The number of benzene rings is 1. The van der Waals surface area contributed by atoms with Crippen molar-refractivity contribution in [2.75, 3.05) is 11.5 Å². The van der Waals surface area contributed by atoms with Crippen LogP contribution in [0.2, 0.25) is 0 Å². The third-order valence-electron chi connectivity index (χ3n) is 4.58. The quantitative estimate of drug-likeness (QED) is 0.808. The molecule has 1 unspecified atom stereocenters. The highest BCUT2D eigenvalue weighted by Crippen LogP contribution is 2.30. The molecule has 0 aromatic heterocycles. The number of carbonyl (C=O) groups excluding carboxylic acids is 1. The fourth-order valence-electron chi connectivity index (χ4n) is 2.91. The second-order valence-corrected chi connectivity index (χ2v) is 8.17.